The first-order valence-corrected chi connectivity index (χ1v) is 12.2. The fourth-order valence-electron chi connectivity index (χ4n) is 3.03. The third kappa shape index (κ3) is 8.16. The van der Waals surface area contributed by atoms with Crippen LogP contribution >= 0.6 is 34.8 Å². The summed E-state index contributed by atoms with van der Waals surface area (Å²) in [6.45, 7) is 2.75. The molecule has 7 nitrogen and oxygen atoms in total. The molecule has 2 amide bonds. The molecule has 0 aliphatic rings. The SMILES string of the molecule is CCOc1cc(C=NNC(=O)CCNC(=O)c2ccc(Cl)c(Cl)c2)ccc1OCc1ccccc1Cl. The number of hydrazone groups is 1. The molecule has 0 radical (unpaired) electrons. The van der Waals surface area contributed by atoms with Gasteiger partial charge >= 0.3 is 0 Å². The molecule has 3 rings (SSSR count). The third-order valence-corrected chi connectivity index (χ3v) is 5.94. The van der Waals surface area contributed by atoms with Gasteiger partial charge in [-0.1, -0.05) is 53.0 Å². The maximum Gasteiger partial charge on any atom is 0.251 e. The minimum Gasteiger partial charge on any atom is -0.490 e. The van der Waals surface area contributed by atoms with Crippen LogP contribution in [-0.4, -0.2) is 31.2 Å². The molecule has 0 aliphatic carbocycles. The molecule has 0 saturated carbocycles. The van der Waals surface area contributed by atoms with E-state index in [1.807, 2.05) is 25.1 Å². The smallest absolute Gasteiger partial charge is 0.251 e. The molecule has 188 valence electrons. The van der Waals surface area contributed by atoms with E-state index in [0.717, 1.165) is 5.56 Å². The Kier molecular flexibility index (Phi) is 10.4. The number of carbonyl (C=O) groups excluding carboxylic acids is 2. The largest absolute Gasteiger partial charge is 0.490 e. The van der Waals surface area contributed by atoms with Crippen molar-refractivity contribution in [3.05, 3.63) is 92.4 Å². The Hall–Kier alpha value is -3.26. The minimum absolute atomic E-state index is 0.0451. The molecule has 2 N–H and O–H groups in total. The molecule has 0 saturated heterocycles. The van der Waals surface area contributed by atoms with Crippen molar-refractivity contribution in [1.29, 1.82) is 0 Å². The zero-order valence-electron chi connectivity index (χ0n) is 19.4. The van der Waals surface area contributed by atoms with Crippen molar-refractivity contribution in [3.63, 3.8) is 0 Å². The van der Waals surface area contributed by atoms with Gasteiger partial charge in [0.15, 0.2) is 11.5 Å². The van der Waals surface area contributed by atoms with Gasteiger partial charge in [-0.2, -0.15) is 5.10 Å². The summed E-state index contributed by atoms with van der Waals surface area (Å²) in [5.74, 6) is 0.399. The summed E-state index contributed by atoms with van der Waals surface area (Å²) in [5, 5.41) is 7.89. The molecule has 0 atom stereocenters. The highest BCUT2D eigenvalue weighted by Gasteiger charge is 2.10. The Morgan fingerprint density at radius 2 is 1.72 bits per heavy atom. The van der Waals surface area contributed by atoms with Gasteiger partial charge in [0.2, 0.25) is 5.91 Å². The van der Waals surface area contributed by atoms with E-state index in [9.17, 15) is 9.59 Å². The molecular weight excluding hydrogens is 525 g/mol. The molecule has 0 aliphatic heterocycles. The number of amides is 2. The maximum atomic E-state index is 12.1. The van der Waals surface area contributed by atoms with Gasteiger partial charge in [-0.05, 0) is 55.0 Å². The van der Waals surface area contributed by atoms with Crippen molar-refractivity contribution in [2.45, 2.75) is 20.0 Å². The van der Waals surface area contributed by atoms with Crippen molar-refractivity contribution in [2.24, 2.45) is 5.10 Å². The Morgan fingerprint density at radius 1 is 0.917 bits per heavy atom. The molecule has 0 unspecified atom stereocenters. The summed E-state index contributed by atoms with van der Waals surface area (Å²) in [6.07, 6.45) is 1.54. The second-order valence-electron chi connectivity index (χ2n) is 7.45. The van der Waals surface area contributed by atoms with Crippen molar-refractivity contribution in [3.8, 4) is 11.5 Å². The number of hydrogen-bond acceptors (Lipinski definition) is 5. The highest BCUT2D eigenvalue weighted by Crippen LogP contribution is 2.29. The highest BCUT2D eigenvalue weighted by molar-refractivity contribution is 6.42. The molecular formula is C26H24Cl3N3O4. The number of benzene rings is 3. The Bertz CT molecular complexity index is 1250. The number of nitrogens with zero attached hydrogens (tertiary/aromatic N) is 1. The highest BCUT2D eigenvalue weighted by atomic mass is 35.5. The molecule has 0 fully saturated rings. The van der Waals surface area contributed by atoms with E-state index in [0.29, 0.717) is 45.9 Å². The minimum atomic E-state index is -0.356. The van der Waals surface area contributed by atoms with E-state index in [2.05, 4.69) is 15.8 Å². The lowest BCUT2D eigenvalue weighted by atomic mass is 10.2. The van der Waals surface area contributed by atoms with Crippen molar-refractivity contribution >= 4 is 52.8 Å². The normalized spacial score (nSPS) is 10.8. The van der Waals surface area contributed by atoms with E-state index in [4.69, 9.17) is 44.3 Å². The van der Waals surface area contributed by atoms with Crippen LogP contribution in [0.3, 0.4) is 0 Å². The lowest BCUT2D eigenvalue weighted by Crippen LogP contribution is -2.29. The van der Waals surface area contributed by atoms with Gasteiger partial charge in [-0.15, -0.1) is 0 Å². The monoisotopic (exact) mass is 547 g/mol. The number of hydrogen-bond donors (Lipinski definition) is 2. The van der Waals surface area contributed by atoms with Gasteiger partial charge in [0.25, 0.3) is 5.91 Å². The van der Waals surface area contributed by atoms with Crippen LogP contribution in [0.1, 0.15) is 34.8 Å². The second kappa shape index (κ2) is 13.7. The molecule has 10 heteroatoms. The number of carbonyl (C=O) groups is 2. The van der Waals surface area contributed by atoms with Crippen LogP contribution in [0.4, 0.5) is 0 Å². The predicted octanol–water partition coefficient (Wildman–Crippen LogP) is 5.89. The fourth-order valence-corrected chi connectivity index (χ4v) is 3.52. The summed E-state index contributed by atoms with van der Waals surface area (Å²) in [4.78, 5) is 24.2. The molecule has 36 heavy (non-hydrogen) atoms. The molecule has 0 heterocycles. The second-order valence-corrected chi connectivity index (χ2v) is 8.67. The van der Waals surface area contributed by atoms with Gasteiger partial charge in [-0.3, -0.25) is 9.59 Å². The maximum absolute atomic E-state index is 12.1. The molecule has 3 aromatic carbocycles. The summed E-state index contributed by atoms with van der Waals surface area (Å²) in [6, 6.07) is 17.3. The summed E-state index contributed by atoms with van der Waals surface area (Å²) >= 11 is 18.0. The first kappa shape index (κ1) is 27.3. The van der Waals surface area contributed by atoms with E-state index in [1.165, 1.54) is 18.3 Å². The summed E-state index contributed by atoms with van der Waals surface area (Å²) in [7, 11) is 0. The first-order valence-electron chi connectivity index (χ1n) is 11.1. The van der Waals surface area contributed by atoms with Crippen molar-refractivity contribution in [1.82, 2.24) is 10.7 Å². The lowest BCUT2D eigenvalue weighted by Gasteiger charge is -2.13. The van der Waals surface area contributed by atoms with Gasteiger partial charge in [-0.25, -0.2) is 5.43 Å². The summed E-state index contributed by atoms with van der Waals surface area (Å²) < 4.78 is 11.6. The lowest BCUT2D eigenvalue weighted by molar-refractivity contribution is -0.120. The van der Waals surface area contributed by atoms with Crippen molar-refractivity contribution < 1.29 is 19.1 Å². The van der Waals surface area contributed by atoms with Crippen LogP contribution in [-0.2, 0) is 11.4 Å². The standard InChI is InChI=1S/C26H24Cl3N3O4/c1-2-35-24-13-17(7-10-23(24)36-16-19-5-3-4-6-20(19)27)15-31-32-25(33)11-12-30-26(34)18-8-9-21(28)22(29)14-18/h3-10,13-15H,2,11-12,16H2,1H3,(H,30,34)(H,32,33). The topological polar surface area (TPSA) is 89.0 Å². The van der Waals surface area contributed by atoms with Crippen LogP contribution in [0, 0.1) is 0 Å². The van der Waals surface area contributed by atoms with Crippen molar-refractivity contribution in [2.75, 3.05) is 13.2 Å². The van der Waals surface area contributed by atoms with Crippen LogP contribution in [0.15, 0.2) is 65.8 Å². The van der Waals surface area contributed by atoms with E-state index in [-0.39, 0.29) is 29.8 Å². The Balaban J connectivity index is 1.49. The van der Waals surface area contributed by atoms with Gasteiger partial charge in [0, 0.05) is 29.1 Å². The zero-order chi connectivity index (χ0) is 25.9. The molecule has 0 aromatic heterocycles. The van der Waals surface area contributed by atoms with Gasteiger partial charge < -0.3 is 14.8 Å². The quantitative estimate of drug-likeness (QED) is 0.231. The number of nitrogens with one attached hydrogen (secondary N) is 2. The van der Waals surface area contributed by atoms with E-state index < -0.39 is 0 Å². The van der Waals surface area contributed by atoms with Crippen LogP contribution in [0.25, 0.3) is 0 Å². The molecule has 3 aromatic rings. The van der Waals surface area contributed by atoms with Crippen LogP contribution in [0.2, 0.25) is 15.1 Å². The van der Waals surface area contributed by atoms with E-state index in [1.54, 1.807) is 30.3 Å². The average molecular weight is 549 g/mol. The fraction of sp³-hybridized carbons (Fsp3) is 0.192. The predicted molar refractivity (Wildman–Crippen MR) is 143 cm³/mol. The zero-order valence-corrected chi connectivity index (χ0v) is 21.7. The van der Waals surface area contributed by atoms with E-state index >= 15 is 0 Å². The third-order valence-electron chi connectivity index (χ3n) is 4.83. The van der Waals surface area contributed by atoms with Gasteiger partial charge in [0.05, 0.1) is 22.9 Å². The van der Waals surface area contributed by atoms with Crippen LogP contribution in [0.5, 0.6) is 11.5 Å². The van der Waals surface area contributed by atoms with Gasteiger partial charge in [0.1, 0.15) is 6.61 Å². The number of ether oxygens (including phenoxy) is 2. The first-order chi connectivity index (χ1) is 17.4. The Morgan fingerprint density at radius 3 is 2.47 bits per heavy atom. The molecule has 0 spiro atoms. The van der Waals surface area contributed by atoms with Crippen LogP contribution < -0.4 is 20.2 Å². The average Bonchev–Trinajstić information content (AvgIpc) is 2.86. The number of rotatable bonds is 11. The Labute approximate surface area is 224 Å². The summed E-state index contributed by atoms with van der Waals surface area (Å²) in [5.41, 5.74) is 4.36. The number of halogens is 3. The molecule has 0 bridgehead atoms.